The van der Waals surface area contributed by atoms with Crippen LogP contribution in [0.25, 0.3) is 11.3 Å². The number of nitrogens with zero attached hydrogens (tertiary/aromatic N) is 3. The number of amides is 1. The van der Waals surface area contributed by atoms with E-state index >= 15 is 0 Å². The van der Waals surface area contributed by atoms with E-state index in [9.17, 15) is 4.79 Å². The van der Waals surface area contributed by atoms with Gasteiger partial charge in [-0.3, -0.25) is 14.7 Å². The quantitative estimate of drug-likeness (QED) is 0.477. The zero-order chi connectivity index (χ0) is 21.3. The van der Waals surface area contributed by atoms with E-state index in [0.29, 0.717) is 18.2 Å². The monoisotopic (exact) mass is 422 g/mol. The number of thiazole rings is 1. The van der Waals surface area contributed by atoms with Crippen LogP contribution in [0.3, 0.4) is 0 Å². The number of rotatable bonds is 10. The van der Waals surface area contributed by atoms with Gasteiger partial charge in [-0.1, -0.05) is 19.1 Å². The SMILES string of the molecule is CCN(Cc1ccc(C(=O)NCCCc2nc(-c3ccncc3)cs2)cc1)C(C)C. The summed E-state index contributed by atoms with van der Waals surface area (Å²) in [5.74, 6) is -0.0191. The van der Waals surface area contributed by atoms with Crippen LogP contribution in [0.15, 0.2) is 54.2 Å². The molecule has 0 aliphatic carbocycles. The lowest BCUT2D eigenvalue weighted by atomic mass is 10.1. The van der Waals surface area contributed by atoms with E-state index in [-0.39, 0.29) is 5.91 Å². The van der Waals surface area contributed by atoms with Gasteiger partial charge in [0.15, 0.2) is 0 Å². The summed E-state index contributed by atoms with van der Waals surface area (Å²) in [5, 5.41) is 6.18. The van der Waals surface area contributed by atoms with Gasteiger partial charge in [-0.05, 0) is 56.6 Å². The lowest BCUT2D eigenvalue weighted by Crippen LogP contribution is -2.30. The number of hydrogen-bond acceptors (Lipinski definition) is 5. The number of carbonyl (C=O) groups excluding carboxylic acids is 1. The molecule has 3 rings (SSSR count). The number of aryl methyl sites for hydroxylation is 1. The van der Waals surface area contributed by atoms with Crippen LogP contribution in [0.2, 0.25) is 0 Å². The first-order valence-corrected chi connectivity index (χ1v) is 11.4. The van der Waals surface area contributed by atoms with Crippen molar-refractivity contribution in [2.75, 3.05) is 13.1 Å². The lowest BCUT2D eigenvalue weighted by Gasteiger charge is -2.24. The molecule has 0 aliphatic rings. The first-order valence-electron chi connectivity index (χ1n) is 10.5. The summed E-state index contributed by atoms with van der Waals surface area (Å²) in [7, 11) is 0. The Balaban J connectivity index is 1.43. The third kappa shape index (κ3) is 6.21. The molecule has 2 aromatic heterocycles. The van der Waals surface area contributed by atoms with Crippen LogP contribution in [-0.4, -0.2) is 39.9 Å². The number of carbonyl (C=O) groups is 1. The topological polar surface area (TPSA) is 58.1 Å². The zero-order valence-corrected chi connectivity index (χ0v) is 18.8. The fourth-order valence-electron chi connectivity index (χ4n) is 3.28. The average Bonchev–Trinajstić information content (AvgIpc) is 3.24. The molecule has 0 bridgehead atoms. The molecular formula is C24H30N4OS. The van der Waals surface area contributed by atoms with E-state index in [1.165, 1.54) is 5.56 Å². The summed E-state index contributed by atoms with van der Waals surface area (Å²) in [5.41, 5.74) is 4.01. The second kappa shape index (κ2) is 11.0. The van der Waals surface area contributed by atoms with Crippen LogP contribution in [0.5, 0.6) is 0 Å². The molecule has 1 aromatic carbocycles. The number of benzene rings is 1. The van der Waals surface area contributed by atoms with E-state index in [2.05, 4.69) is 58.5 Å². The predicted molar refractivity (Wildman–Crippen MR) is 124 cm³/mol. The van der Waals surface area contributed by atoms with Gasteiger partial charge in [-0.2, -0.15) is 0 Å². The second-order valence-corrected chi connectivity index (χ2v) is 8.52. The minimum atomic E-state index is -0.0191. The van der Waals surface area contributed by atoms with Gasteiger partial charge in [0.05, 0.1) is 10.7 Å². The lowest BCUT2D eigenvalue weighted by molar-refractivity contribution is 0.0953. The Morgan fingerprint density at radius 2 is 1.87 bits per heavy atom. The summed E-state index contributed by atoms with van der Waals surface area (Å²) in [6, 6.07) is 12.4. The van der Waals surface area contributed by atoms with Crippen LogP contribution < -0.4 is 5.32 Å². The minimum absolute atomic E-state index is 0.0191. The minimum Gasteiger partial charge on any atom is -0.352 e. The molecule has 0 atom stereocenters. The molecule has 0 saturated heterocycles. The first kappa shape index (κ1) is 22.1. The number of aromatic nitrogens is 2. The van der Waals surface area contributed by atoms with Gasteiger partial charge in [0.25, 0.3) is 5.91 Å². The van der Waals surface area contributed by atoms with Gasteiger partial charge >= 0.3 is 0 Å². The van der Waals surface area contributed by atoms with Crippen molar-refractivity contribution in [3.63, 3.8) is 0 Å². The summed E-state index contributed by atoms with van der Waals surface area (Å²) in [4.78, 5) is 23.5. The highest BCUT2D eigenvalue weighted by atomic mass is 32.1. The van der Waals surface area contributed by atoms with Crippen LogP contribution >= 0.6 is 11.3 Å². The summed E-state index contributed by atoms with van der Waals surface area (Å²) >= 11 is 1.66. The highest BCUT2D eigenvalue weighted by Crippen LogP contribution is 2.21. The predicted octanol–water partition coefficient (Wildman–Crippen LogP) is 4.80. The molecule has 158 valence electrons. The van der Waals surface area contributed by atoms with Gasteiger partial charge in [-0.25, -0.2) is 4.98 Å². The van der Waals surface area contributed by atoms with Gasteiger partial charge in [0.2, 0.25) is 0 Å². The third-order valence-electron chi connectivity index (χ3n) is 5.12. The molecule has 3 aromatic rings. The third-order valence-corrected chi connectivity index (χ3v) is 6.03. The Morgan fingerprint density at radius 3 is 2.53 bits per heavy atom. The molecule has 0 radical (unpaired) electrons. The molecular weight excluding hydrogens is 392 g/mol. The molecule has 2 heterocycles. The Hall–Kier alpha value is -2.57. The van der Waals surface area contributed by atoms with Crippen molar-refractivity contribution in [1.82, 2.24) is 20.2 Å². The Kier molecular flexibility index (Phi) is 8.11. The molecule has 1 amide bonds. The first-order chi connectivity index (χ1) is 14.6. The Labute approximate surface area is 183 Å². The van der Waals surface area contributed by atoms with Gasteiger partial charge < -0.3 is 5.32 Å². The number of nitrogens with one attached hydrogen (secondary N) is 1. The van der Waals surface area contributed by atoms with Crippen LogP contribution in [0.4, 0.5) is 0 Å². The smallest absolute Gasteiger partial charge is 0.251 e. The molecule has 5 nitrogen and oxygen atoms in total. The normalized spacial score (nSPS) is 11.2. The number of hydrogen-bond donors (Lipinski definition) is 1. The highest BCUT2D eigenvalue weighted by molar-refractivity contribution is 7.09. The summed E-state index contributed by atoms with van der Waals surface area (Å²) in [6.45, 7) is 9.15. The standard InChI is InChI=1S/C24H30N4OS/c1-4-28(18(2)3)16-19-7-9-21(10-8-19)24(29)26-13-5-6-23-27-22(17-30-23)20-11-14-25-15-12-20/h7-12,14-15,17-18H,4-6,13,16H2,1-3H3,(H,26,29). The highest BCUT2D eigenvalue weighted by Gasteiger charge is 2.10. The van der Waals surface area contributed by atoms with Crippen LogP contribution in [0.1, 0.15) is 48.1 Å². The van der Waals surface area contributed by atoms with Gasteiger partial charge in [0.1, 0.15) is 0 Å². The number of pyridine rings is 1. The van der Waals surface area contributed by atoms with Crippen molar-refractivity contribution < 1.29 is 4.79 Å². The van der Waals surface area contributed by atoms with Crippen molar-refractivity contribution in [3.05, 3.63) is 70.3 Å². The molecule has 6 heteroatoms. The van der Waals surface area contributed by atoms with Gasteiger partial charge in [0, 0.05) is 54.5 Å². The van der Waals surface area contributed by atoms with Crippen LogP contribution in [0, 0.1) is 0 Å². The second-order valence-electron chi connectivity index (χ2n) is 7.58. The van der Waals surface area contributed by atoms with Crippen molar-refractivity contribution in [2.45, 2.75) is 46.2 Å². The van der Waals surface area contributed by atoms with E-state index in [1.807, 2.05) is 24.3 Å². The Bertz CT molecular complexity index is 922. The zero-order valence-electron chi connectivity index (χ0n) is 18.0. The molecule has 0 aliphatic heterocycles. The maximum atomic E-state index is 12.4. The summed E-state index contributed by atoms with van der Waals surface area (Å²) < 4.78 is 0. The fourth-order valence-corrected chi connectivity index (χ4v) is 4.13. The fraction of sp³-hybridized carbons (Fsp3) is 0.375. The van der Waals surface area contributed by atoms with Crippen LogP contribution in [-0.2, 0) is 13.0 Å². The van der Waals surface area contributed by atoms with E-state index in [1.54, 1.807) is 23.7 Å². The van der Waals surface area contributed by atoms with Crippen molar-refractivity contribution in [3.8, 4) is 11.3 Å². The van der Waals surface area contributed by atoms with E-state index in [4.69, 9.17) is 0 Å². The van der Waals surface area contributed by atoms with Crippen molar-refractivity contribution >= 4 is 17.2 Å². The molecule has 1 N–H and O–H groups in total. The molecule has 30 heavy (non-hydrogen) atoms. The van der Waals surface area contributed by atoms with Crippen molar-refractivity contribution in [2.24, 2.45) is 0 Å². The average molecular weight is 423 g/mol. The molecule has 0 saturated carbocycles. The molecule has 0 spiro atoms. The largest absolute Gasteiger partial charge is 0.352 e. The van der Waals surface area contributed by atoms with Gasteiger partial charge in [-0.15, -0.1) is 11.3 Å². The van der Waals surface area contributed by atoms with E-state index in [0.717, 1.165) is 42.2 Å². The maximum Gasteiger partial charge on any atom is 0.251 e. The molecule has 0 fully saturated rings. The Morgan fingerprint density at radius 1 is 1.13 bits per heavy atom. The maximum absolute atomic E-state index is 12.4. The molecule has 0 unspecified atom stereocenters. The van der Waals surface area contributed by atoms with Crippen molar-refractivity contribution in [1.29, 1.82) is 0 Å². The van der Waals surface area contributed by atoms with E-state index < -0.39 is 0 Å². The summed E-state index contributed by atoms with van der Waals surface area (Å²) in [6.07, 6.45) is 5.28.